The molecule has 8 rings (SSSR count). The largest absolute Gasteiger partial charge is 0.348 e. The van der Waals surface area contributed by atoms with E-state index in [1.54, 1.807) is 18.3 Å². The Bertz CT molecular complexity index is 2430. The molecular formula is C42H42FN7O3. The van der Waals surface area contributed by atoms with Crippen LogP contribution in [0.25, 0.3) is 38.6 Å². The summed E-state index contributed by atoms with van der Waals surface area (Å²) < 4.78 is 17.3. The summed E-state index contributed by atoms with van der Waals surface area (Å²) >= 11 is 0. The number of hydrogen-bond donors (Lipinski definition) is 2. The minimum Gasteiger partial charge on any atom is -0.348 e. The summed E-state index contributed by atoms with van der Waals surface area (Å²) in [6.45, 7) is 7.29. The molecule has 11 heteroatoms. The van der Waals surface area contributed by atoms with Gasteiger partial charge in [-0.2, -0.15) is 0 Å². The lowest BCUT2D eigenvalue weighted by molar-refractivity contribution is 0.0917. The van der Waals surface area contributed by atoms with Crippen LogP contribution < -0.4 is 21.9 Å². The van der Waals surface area contributed by atoms with Gasteiger partial charge in [-0.3, -0.25) is 24.0 Å². The van der Waals surface area contributed by atoms with Gasteiger partial charge in [0.2, 0.25) is 0 Å². The van der Waals surface area contributed by atoms with Crippen LogP contribution in [-0.2, 0) is 6.54 Å². The maximum Gasteiger partial charge on any atom is 0.337 e. The number of nitrogens with one attached hydrogen (secondary N) is 2. The molecule has 0 unspecified atom stereocenters. The van der Waals surface area contributed by atoms with Crippen LogP contribution in [0.1, 0.15) is 61.6 Å². The van der Waals surface area contributed by atoms with Crippen molar-refractivity contribution < 1.29 is 9.18 Å². The molecule has 1 saturated heterocycles. The smallest absolute Gasteiger partial charge is 0.337 e. The minimum absolute atomic E-state index is 0.0358. The average Bonchev–Trinajstić information content (AvgIpc) is 3.15. The van der Waals surface area contributed by atoms with Gasteiger partial charge in [0.1, 0.15) is 11.5 Å². The van der Waals surface area contributed by atoms with Gasteiger partial charge in [0.25, 0.3) is 11.5 Å². The molecule has 270 valence electrons. The van der Waals surface area contributed by atoms with Crippen molar-refractivity contribution in [3.05, 3.63) is 135 Å². The topological polar surface area (TPSA) is 114 Å². The van der Waals surface area contributed by atoms with E-state index in [2.05, 4.69) is 63.6 Å². The normalized spacial score (nSPS) is 20.8. The lowest BCUT2D eigenvalue weighted by Crippen LogP contribution is -2.53. The Hall–Kier alpha value is -5.52. The molecular weight excluding hydrogens is 670 g/mol. The zero-order chi connectivity index (χ0) is 36.6. The molecule has 0 spiro atoms. The van der Waals surface area contributed by atoms with E-state index in [0.29, 0.717) is 49.1 Å². The van der Waals surface area contributed by atoms with Crippen molar-refractivity contribution in [2.45, 2.75) is 70.2 Å². The number of rotatable bonds is 7. The third kappa shape index (κ3) is 7.14. The van der Waals surface area contributed by atoms with Crippen LogP contribution in [-0.4, -0.2) is 61.1 Å². The first-order valence-corrected chi connectivity index (χ1v) is 18.4. The molecule has 6 aromatic rings. The summed E-state index contributed by atoms with van der Waals surface area (Å²) in [7, 11) is 0. The van der Waals surface area contributed by atoms with Crippen molar-refractivity contribution in [1.82, 2.24) is 34.6 Å². The number of carbonyl (C=O) groups excluding carboxylic acids is 1. The maximum atomic E-state index is 14.6. The first kappa shape index (κ1) is 34.6. The third-order valence-corrected chi connectivity index (χ3v) is 10.6. The highest BCUT2D eigenvalue weighted by molar-refractivity contribution is 5.96. The molecule has 1 amide bonds. The van der Waals surface area contributed by atoms with Gasteiger partial charge in [0, 0.05) is 55.4 Å². The fraction of sp³-hybridized carbons (Fsp3) is 0.310. The van der Waals surface area contributed by atoms with Gasteiger partial charge in [-0.25, -0.2) is 18.7 Å². The second kappa shape index (κ2) is 14.5. The van der Waals surface area contributed by atoms with Crippen molar-refractivity contribution in [2.75, 3.05) is 13.1 Å². The zero-order valence-electron chi connectivity index (χ0n) is 29.8. The highest BCUT2D eigenvalue weighted by Crippen LogP contribution is 2.29. The summed E-state index contributed by atoms with van der Waals surface area (Å²) in [5.41, 5.74) is 2.99. The van der Waals surface area contributed by atoms with E-state index >= 15 is 0 Å². The average molecular weight is 712 g/mol. The van der Waals surface area contributed by atoms with Crippen LogP contribution >= 0.6 is 0 Å². The number of hydrogen-bond acceptors (Lipinski definition) is 7. The van der Waals surface area contributed by atoms with Crippen molar-refractivity contribution in [1.29, 1.82) is 0 Å². The van der Waals surface area contributed by atoms with Crippen LogP contribution in [0.15, 0.2) is 107 Å². The Morgan fingerprint density at radius 1 is 0.830 bits per heavy atom. The molecule has 1 aliphatic heterocycles. The SMILES string of the molecule is C[C@@H]1CN(Cc2ccc(-c3cccc(-n4c(=O)n([C@H]5CC[C@@H](NC(=O)c6cc7ccccc7cn6)CC5)c(=O)c5cc(F)cnc54)c3)cc2)C[C@H](C)N1. The Kier molecular flexibility index (Phi) is 9.44. The number of nitrogens with zero attached hydrogens (tertiary/aromatic N) is 5. The molecule has 1 saturated carbocycles. The van der Waals surface area contributed by atoms with Gasteiger partial charge in [-0.1, -0.05) is 60.7 Å². The molecule has 2 fully saturated rings. The molecule has 10 nitrogen and oxygen atoms in total. The van der Waals surface area contributed by atoms with Crippen molar-refractivity contribution >= 4 is 27.7 Å². The first-order chi connectivity index (χ1) is 25.7. The molecule has 53 heavy (non-hydrogen) atoms. The molecule has 2 N–H and O–H groups in total. The number of piperazine rings is 1. The van der Waals surface area contributed by atoms with E-state index in [1.165, 1.54) is 14.7 Å². The predicted octanol–water partition coefficient (Wildman–Crippen LogP) is 6.00. The fourth-order valence-corrected chi connectivity index (χ4v) is 8.14. The van der Waals surface area contributed by atoms with E-state index in [4.69, 9.17) is 0 Å². The standard InChI is InChI=1S/C42H42FN7O3/c1-26-23-48(24-27(2)46-26)25-28-10-12-29(13-11-28)30-8-5-9-36(18-30)49-39-37(20-33(43)22-45-39)41(52)50(42(49)53)35-16-14-34(15-17-35)47-40(51)38-19-31-6-3-4-7-32(31)21-44-38/h3-13,18-22,26-27,34-35,46H,14-17,23-25H2,1-2H3,(H,47,51)/t26-,27+,34-,35+. The second-order valence-electron chi connectivity index (χ2n) is 14.6. The number of benzene rings is 3. The van der Waals surface area contributed by atoms with Crippen LogP contribution in [0, 0.1) is 5.82 Å². The number of fused-ring (bicyclic) bond motifs is 2. The second-order valence-corrected chi connectivity index (χ2v) is 14.6. The quantitative estimate of drug-likeness (QED) is 0.209. The van der Waals surface area contributed by atoms with Crippen LogP contribution in [0.5, 0.6) is 0 Å². The van der Waals surface area contributed by atoms with E-state index in [0.717, 1.165) is 53.8 Å². The lowest BCUT2D eigenvalue weighted by Gasteiger charge is -2.36. The fourth-order valence-electron chi connectivity index (χ4n) is 8.14. The van der Waals surface area contributed by atoms with Gasteiger partial charge in [0.05, 0.1) is 17.3 Å². The highest BCUT2D eigenvalue weighted by Gasteiger charge is 2.29. The van der Waals surface area contributed by atoms with Crippen LogP contribution in [0.2, 0.25) is 0 Å². The number of aromatic nitrogens is 4. The van der Waals surface area contributed by atoms with Crippen molar-refractivity contribution in [3.63, 3.8) is 0 Å². The van der Waals surface area contributed by atoms with Gasteiger partial charge in [0.15, 0.2) is 5.65 Å². The van der Waals surface area contributed by atoms with Crippen molar-refractivity contribution in [3.8, 4) is 16.8 Å². The molecule has 2 atom stereocenters. The summed E-state index contributed by atoms with van der Waals surface area (Å²) in [5.74, 6) is -0.914. The molecule has 4 heterocycles. The zero-order valence-corrected chi connectivity index (χ0v) is 29.8. The van der Waals surface area contributed by atoms with Crippen LogP contribution in [0.4, 0.5) is 4.39 Å². The minimum atomic E-state index is -0.654. The van der Waals surface area contributed by atoms with E-state index in [-0.39, 0.29) is 23.0 Å². The number of halogens is 1. The number of carbonyl (C=O) groups is 1. The molecule has 1 aliphatic carbocycles. The molecule has 2 aliphatic rings. The van der Waals surface area contributed by atoms with Crippen LogP contribution in [0.3, 0.4) is 0 Å². The van der Waals surface area contributed by atoms with Crippen molar-refractivity contribution in [2.24, 2.45) is 0 Å². The summed E-state index contributed by atoms with van der Waals surface area (Å²) in [6, 6.07) is 27.0. The summed E-state index contributed by atoms with van der Waals surface area (Å²) in [5, 5.41) is 8.59. The van der Waals surface area contributed by atoms with E-state index in [1.807, 2.05) is 42.5 Å². The third-order valence-electron chi connectivity index (χ3n) is 10.6. The van der Waals surface area contributed by atoms with Gasteiger partial charge in [-0.15, -0.1) is 0 Å². The van der Waals surface area contributed by atoms with Gasteiger partial charge >= 0.3 is 5.69 Å². The molecule has 0 radical (unpaired) electrons. The predicted molar refractivity (Wildman–Crippen MR) is 205 cm³/mol. The molecule has 3 aromatic heterocycles. The van der Waals surface area contributed by atoms with Gasteiger partial charge < -0.3 is 10.6 Å². The van der Waals surface area contributed by atoms with Gasteiger partial charge in [-0.05, 0) is 85.9 Å². The van der Waals surface area contributed by atoms with E-state index < -0.39 is 23.1 Å². The summed E-state index contributed by atoms with van der Waals surface area (Å²) in [6.07, 6.45) is 4.82. The maximum absolute atomic E-state index is 14.6. The number of amides is 1. The highest BCUT2D eigenvalue weighted by atomic mass is 19.1. The number of pyridine rings is 2. The Morgan fingerprint density at radius 2 is 1.57 bits per heavy atom. The molecule has 0 bridgehead atoms. The summed E-state index contributed by atoms with van der Waals surface area (Å²) in [4.78, 5) is 52.4. The molecule has 3 aromatic carbocycles. The monoisotopic (exact) mass is 711 g/mol. The van der Waals surface area contributed by atoms with E-state index in [9.17, 15) is 18.8 Å². The lowest BCUT2D eigenvalue weighted by atomic mass is 9.90. The Morgan fingerprint density at radius 3 is 2.32 bits per heavy atom. The Labute approximate surface area is 306 Å². The Balaban J connectivity index is 1.04. The first-order valence-electron chi connectivity index (χ1n) is 18.4.